The Morgan fingerprint density at radius 2 is 1.73 bits per heavy atom. The number of rotatable bonds is 7. The van der Waals surface area contributed by atoms with Crippen LogP contribution in [0.4, 0.5) is 5.69 Å². The summed E-state index contributed by atoms with van der Waals surface area (Å²) in [6.07, 6.45) is 7.68. The molecule has 0 spiro atoms. The van der Waals surface area contributed by atoms with Crippen LogP contribution in [0.15, 0.2) is 18.2 Å². The van der Waals surface area contributed by atoms with Crippen LogP contribution in [0.5, 0.6) is 0 Å². The Morgan fingerprint density at radius 3 is 2.30 bits per heavy atom. The normalized spacial score (nSPS) is 17.3. The molecule has 1 unspecified atom stereocenters. The topological polar surface area (TPSA) is 105 Å². The first-order valence-electron chi connectivity index (χ1n) is 11.1. The van der Waals surface area contributed by atoms with Crippen LogP contribution in [-0.4, -0.2) is 42.3 Å². The Kier molecular flexibility index (Phi) is 11.7. The Bertz CT molecular complexity index is 702. The minimum absolute atomic E-state index is 0.137. The van der Waals surface area contributed by atoms with Gasteiger partial charge in [-0.1, -0.05) is 46.0 Å². The Labute approximate surface area is 180 Å². The zero-order valence-corrected chi connectivity index (χ0v) is 18.9. The van der Waals surface area contributed by atoms with Crippen molar-refractivity contribution >= 4 is 23.4 Å². The van der Waals surface area contributed by atoms with Crippen LogP contribution in [0.1, 0.15) is 81.6 Å². The van der Waals surface area contributed by atoms with E-state index in [1.54, 1.807) is 11.0 Å². The Morgan fingerprint density at radius 1 is 1.07 bits per heavy atom. The summed E-state index contributed by atoms with van der Waals surface area (Å²) in [6, 6.07) is 5.06. The van der Waals surface area contributed by atoms with E-state index in [0.717, 1.165) is 17.8 Å². The van der Waals surface area contributed by atoms with Crippen LogP contribution in [0, 0.1) is 0 Å². The number of nitrogens with one attached hydrogen (secondary N) is 2. The third-order valence-corrected chi connectivity index (χ3v) is 5.11. The average Bonchev–Trinajstić information content (AvgIpc) is 3.06. The minimum atomic E-state index is -0.551. The van der Waals surface area contributed by atoms with Gasteiger partial charge in [-0.2, -0.15) is 0 Å². The predicted octanol–water partition coefficient (Wildman–Crippen LogP) is 3.43. The highest BCUT2D eigenvalue weighted by Gasteiger charge is 2.38. The van der Waals surface area contributed by atoms with Gasteiger partial charge >= 0.3 is 0 Å². The third-order valence-electron chi connectivity index (χ3n) is 5.11. The summed E-state index contributed by atoms with van der Waals surface area (Å²) in [5.74, 6) is -0.781. The largest absolute Gasteiger partial charge is 0.385 e. The molecule has 3 amide bonds. The summed E-state index contributed by atoms with van der Waals surface area (Å²) in [5.41, 5.74) is 7.03. The number of nitrogens with two attached hydrogens (primary N) is 1. The van der Waals surface area contributed by atoms with Crippen LogP contribution < -0.4 is 16.4 Å². The molecule has 3 rings (SSSR count). The van der Waals surface area contributed by atoms with E-state index in [0.29, 0.717) is 18.5 Å². The number of fused-ring (bicyclic) bond motifs is 1. The molecule has 0 aliphatic carbocycles. The molecule has 1 aromatic rings. The maximum absolute atomic E-state index is 12.4. The standard InChI is InChI=1S/C15H17N3O3.C7H16.CH5N/c1-2-16-10-3-4-11-9(7-10)8-18(15(11)21)12-5-6-13(19)17-14(12)20;1-3-5-7-6-4-2;1-2/h3-4,7,12,16H,2,5-6,8H2,1H3,(H,17,19,20);3-7H2,1-2H3;2H2,1H3. The van der Waals surface area contributed by atoms with Gasteiger partial charge in [0, 0.05) is 30.8 Å². The number of amides is 3. The minimum Gasteiger partial charge on any atom is -0.385 e. The molecule has 7 nitrogen and oxygen atoms in total. The van der Waals surface area contributed by atoms with E-state index >= 15 is 0 Å². The number of hydrogen-bond donors (Lipinski definition) is 3. The van der Waals surface area contributed by atoms with Crippen LogP contribution in [0.2, 0.25) is 0 Å². The number of hydrogen-bond acceptors (Lipinski definition) is 5. The molecule has 30 heavy (non-hydrogen) atoms. The van der Waals surface area contributed by atoms with E-state index in [2.05, 4.69) is 30.2 Å². The molecule has 0 aromatic heterocycles. The van der Waals surface area contributed by atoms with Crippen LogP contribution >= 0.6 is 0 Å². The molecule has 0 saturated carbocycles. The Balaban J connectivity index is 0.000000428. The molecule has 168 valence electrons. The van der Waals surface area contributed by atoms with E-state index in [4.69, 9.17) is 0 Å². The summed E-state index contributed by atoms with van der Waals surface area (Å²) in [6.45, 7) is 7.72. The lowest BCUT2D eigenvalue weighted by atomic mass is 10.0. The number of piperidine rings is 1. The van der Waals surface area contributed by atoms with Crippen molar-refractivity contribution < 1.29 is 14.4 Å². The van der Waals surface area contributed by atoms with Gasteiger partial charge in [-0.3, -0.25) is 19.7 Å². The van der Waals surface area contributed by atoms with Gasteiger partial charge in [-0.15, -0.1) is 0 Å². The third kappa shape index (κ3) is 7.13. The van der Waals surface area contributed by atoms with Gasteiger partial charge in [0.15, 0.2) is 0 Å². The van der Waals surface area contributed by atoms with Gasteiger partial charge in [0.25, 0.3) is 5.91 Å². The maximum Gasteiger partial charge on any atom is 0.255 e. The van der Waals surface area contributed by atoms with Crippen molar-refractivity contribution in [2.45, 2.75) is 78.3 Å². The lowest BCUT2D eigenvalue weighted by Crippen LogP contribution is -2.52. The van der Waals surface area contributed by atoms with Gasteiger partial charge < -0.3 is 16.0 Å². The molecule has 2 aliphatic rings. The molecule has 0 bridgehead atoms. The second kappa shape index (κ2) is 13.7. The monoisotopic (exact) mass is 418 g/mol. The molecule has 4 N–H and O–H groups in total. The molecular formula is C23H38N4O3. The quantitative estimate of drug-likeness (QED) is 0.465. The summed E-state index contributed by atoms with van der Waals surface area (Å²) in [5, 5.41) is 5.51. The van der Waals surface area contributed by atoms with Crippen molar-refractivity contribution in [1.82, 2.24) is 10.2 Å². The van der Waals surface area contributed by atoms with Crippen molar-refractivity contribution in [1.29, 1.82) is 0 Å². The predicted molar refractivity (Wildman–Crippen MR) is 121 cm³/mol. The molecule has 1 fully saturated rings. The molecule has 2 aliphatic heterocycles. The molecular weight excluding hydrogens is 380 g/mol. The summed E-state index contributed by atoms with van der Waals surface area (Å²) < 4.78 is 0. The SMILES string of the molecule is CCCCCCC.CCNc1ccc2c(c1)CN(C1CCC(=O)NC1=O)C2=O.CN. The summed E-state index contributed by atoms with van der Waals surface area (Å²) in [4.78, 5) is 37.1. The van der Waals surface area contributed by atoms with Crippen molar-refractivity contribution in [2.24, 2.45) is 5.73 Å². The lowest BCUT2D eigenvalue weighted by Gasteiger charge is -2.29. The van der Waals surface area contributed by atoms with Crippen LogP contribution in [0.3, 0.4) is 0 Å². The number of anilines is 1. The van der Waals surface area contributed by atoms with Gasteiger partial charge in [0.1, 0.15) is 6.04 Å². The van der Waals surface area contributed by atoms with E-state index in [9.17, 15) is 14.4 Å². The van der Waals surface area contributed by atoms with E-state index in [1.807, 2.05) is 19.1 Å². The first kappa shape index (κ1) is 25.6. The number of nitrogens with zero attached hydrogens (tertiary/aromatic N) is 1. The molecule has 2 heterocycles. The fourth-order valence-electron chi connectivity index (χ4n) is 3.57. The summed E-state index contributed by atoms with van der Waals surface area (Å²) >= 11 is 0. The molecule has 1 aromatic carbocycles. The van der Waals surface area contributed by atoms with Crippen molar-refractivity contribution in [3.05, 3.63) is 29.3 Å². The van der Waals surface area contributed by atoms with E-state index in [1.165, 1.54) is 39.2 Å². The van der Waals surface area contributed by atoms with E-state index in [-0.39, 0.29) is 24.1 Å². The Hall–Kier alpha value is -2.41. The zero-order valence-electron chi connectivity index (χ0n) is 18.9. The number of carbonyl (C=O) groups excluding carboxylic acids is 3. The van der Waals surface area contributed by atoms with Crippen LogP contribution in [0.25, 0.3) is 0 Å². The maximum atomic E-state index is 12.4. The number of unbranched alkanes of at least 4 members (excludes halogenated alkanes) is 4. The lowest BCUT2D eigenvalue weighted by molar-refractivity contribution is -0.136. The number of carbonyl (C=O) groups is 3. The fraction of sp³-hybridized carbons (Fsp3) is 0.609. The second-order valence-corrected chi connectivity index (χ2v) is 7.36. The van der Waals surface area contributed by atoms with E-state index < -0.39 is 6.04 Å². The van der Waals surface area contributed by atoms with Crippen molar-refractivity contribution in [3.63, 3.8) is 0 Å². The number of imide groups is 1. The molecule has 1 saturated heterocycles. The fourth-order valence-corrected chi connectivity index (χ4v) is 3.57. The second-order valence-electron chi connectivity index (χ2n) is 7.36. The highest BCUT2D eigenvalue weighted by Crippen LogP contribution is 2.29. The van der Waals surface area contributed by atoms with Gasteiger partial charge in [0.2, 0.25) is 11.8 Å². The molecule has 0 radical (unpaired) electrons. The van der Waals surface area contributed by atoms with Crippen LogP contribution in [-0.2, 0) is 16.1 Å². The van der Waals surface area contributed by atoms with Crippen molar-refractivity contribution in [3.8, 4) is 0 Å². The molecule has 7 heteroatoms. The van der Waals surface area contributed by atoms with Gasteiger partial charge in [-0.05, 0) is 44.2 Å². The zero-order chi connectivity index (χ0) is 22.5. The average molecular weight is 419 g/mol. The highest BCUT2D eigenvalue weighted by molar-refractivity contribution is 6.05. The molecule has 1 atom stereocenters. The van der Waals surface area contributed by atoms with Gasteiger partial charge in [-0.25, -0.2) is 0 Å². The highest BCUT2D eigenvalue weighted by atomic mass is 16.2. The summed E-state index contributed by atoms with van der Waals surface area (Å²) in [7, 11) is 1.50. The van der Waals surface area contributed by atoms with Crippen molar-refractivity contribution in [2.75, 3.05) is 18.9 Å². The first-order valence-corrected chi connectivity index (χ1v) is 11.1. The van der Waals surface area contributed by atoms with Gasteiger partial charge in [0.05, 0.1) is 0 Å². The smallest absolute Gasteiger partial charge is 0.255 e. The number of benzene rings is 1. The first-order chi connectivity index (χ1) is 14.5.